The highest BCUT2D eigenvalue weighted by Gasteiger charge is 2.09. The van der Waals surface area contributed by atoms with Crippen molar-refractivity contribution in [2.75, 3.05) is 11.9 Å². The van der Waals surface area contributed by atoms with E-state index in [9.17, 15) is 4.79 Å². The molecule has 1 heterocycles. The van der Waals surface area contributed by atoms with Gasteiger partial charge in [0, 0.05) is 13.1 Å². The Morgan fingerprint density at radius 3 is 2.93 bits per heavy atom. The second-order valence-electron chi connectivity index (χ2n) is 3.23. The summed E-state index contributed by atoms with van der Waals surface area (Å²) in [5.41, 5.74) is 0. The van der Waals surface area contributed by atoms with Crippen molar-refractivity contribution in [2.45, 2.75) is 19.4 Å². The SMILES string of the molecule is CCC(CO)NC(=O)Nc1ccnn1C. The fourth-order valence-electron chi connectivity index (χ4n) is 1.11. The van der Waals surface area contributed by atoms with Crippen LogP contribution in [0.15, 0.2) is 12.3 Å². The van der Waals surface area contributed by atoms with E-state index in [1.165, 1.54) is 0 Å². The summed E-state index contributed by atoms with van der Waals surface area (Å²) in [7, 11) is 1.74. The number of urea groups is 1. The van der Waals surface area contributed by atoms with Gasteiger partial charge >= 0.3 is 6.03 Å². The van der Waals surface area contributed by atoms with E-state index in [4.69, 9.17) is 5.11 Å². The number of carbonyl (C=O) groups is 1. The number of hydrogen-bond donors (Lipinski definition) is 3. The summed E-state index contributed by atoms with van der Waals surface area (Å²) in [6.45, 7) is 1.83. The molecule has 1 aromatic rings. The Labute approximate surface area is 88.3 Å². The number of hydrogen-bond acceptors (Lipinski definition) is 3. The van der Waals surface area contributed by atoms with Crippen LogP contribution in [0.4, 0.5) is 10.6 Å². The van der Waals surface area contributed by atoms with Gasteiger partial charge in [-0.15, -0.1) is 0 Å². The first-order valence-electron chi connectivity index (χ1n) is 4.83. The fourth-order valence-corrected chi connectivity index (χ4v) is 1.11. The maximum absolute atomic E-state index is 11.4. The number of nitrogens with one attached hydrogen (secondary N) is 2. The Morgan fingerprint density at radius 1 is 1.73 bits per heavy atom. The van der Waals surface area contributed by atoms with Gasteiger partial charge in [0.15, 0.2) is 0 Å². The quantitative estimate of drug-likeness (QED) is 0.672. The zero-order valence-electron chi connectivity index (χ0n) is 8.90. The van der Waals surface area contributed by atoms with Crippen LogP contribution in [0.1, 0.15) is 13.3 Å². The van der Waals surface area contributed by atoms with E-state index in [-0.39, 0.29) is 18.7 Å². The Kier molecular flexibility index (Phi) is 4.11. The zero-order chi connectivity index (χ0) is 11.3. The van der Waals surface area contributed by atoms with Crippen molar-refractivity contribution in [3.63, 3.8) is 0 Å². The topological polar surface area (TPSA) is 79.2 Å². The molecule has 0 aliphatic rings. The van der Waals surface area contributed by atoms with Crippen LogP contribution in [0.5, 0.6) is 0 Å². The molecule has 1 rings (SSSR count). The monoisotopic (exact) mass is 212 g/mol. The van der Waals surface area contributed by atoms with Crippen molar-refractivity contribution >= 4 is 11.8 Å². The molecular formula is C9H16N4O2. The molecule has 15 heavy (non-hydrogen) atoms. The Balaban J connectivity index is 2.46. The Morgan fingerprint density at radius 2 is 2.47 bits per heavy atom. The van der Waals surface area contributed by atoms with Crippen molar-refractivity contribution < 1.29 is 9.90 Å². The van der Waals surface area contributed by atoms with E-state index in [0.717, 1.165) is 0 Å². The summed E-state index contributed by atoms with van der Waals surface area (Å²) in [4.78, 5) is 11.4. The minimum Gasteiger partial charge on any atom is -0.394 e. The minimum absolute atomic E-state index is 0.0602. The molecule has 6 nitrogen and oxygen atoms in total. The van der Waals surface area contributed by atoms with E-state index in [1.807, 2.05) is 6.92 Å². The molecule has 84 valence electrons. The molecule has 0 bridgehead atoms. The van der Waals surface area contributed by atoms with Crippen molar-refractivity contribution in [3.8, 4) is 0 Å². The van der Waals surface area contributed by atoms with Crippen LogP contribution >= 0.6 is 0 Å². The van der Waals surface area contributed by atoms with E-state index in [0.29, 0.717) is 12.2 Å². The molecule has 0 fully saturated rings. The number of carbonyl (C=O) groups excluding carboxylic acids is 1. The number of nitrogens with zero attached hydrogens (tertiary/aromatic N) is 2. The molecule has 2 amide bonds. The van der Waals surface area contributed by atoms with E-state index < -0.39 is 0 Å². The molecule has 0 saturated carbocycles. The number of anilines is 1. The lowest BCUT2D eigenvalue weighted by molar-refractivity contribution is 0.222. The molecule has 0 radical (unpaired) electrons. The van der Waals surface area contributed by atoms with Crippen LogP contribution in [0.2, 0.25) is 0 Å². The molecule has 0 saturated heterocycles. The number of amides is 2. The lowest BCUT2D eigenvalue weighted by atomic mass is 10.2. The zero-order valence-corrected chi connectivity index (χ0v) is 8.90. The smallest absolute Gasteiger partial charge is 0.320 e. The van der Waals surface area contributed by atoms with Gasteiger partial charge in [-0.3, -0.25) is 10.00 Å². The van der Waals surface area contributed by atoms with Crippen LogP contribution in [0, 0.1) is 0 Å². The van der Waals surface area contributed by atoms with Crippen molar-refractivity contribution in [2.24, 2.45) is 7.05 Å². The number of aryl methyl sites for hydroxylation is 1. The summed E-state index contributed by atoms with van der Waals surface area (Å²) in [5, 5.41) is 18.1. The second kappa shape index (κ2) is 5.35. The van der Waals surface area contributed by atoms with Crippen LogP contribution in [0.25, 0.3) is 0 Å². The average molecular weight is 212 g/mol. The molecule has 6 heteroatoms. The molecule has 0 aromatic carbocycles. The highest BCUT2D eigenvalue weighted by Crippen LogP contribution is 2.02. The Bertz CT molecular complexity index is 320. The molecule has 0 aliphatic carbocycles. The standard InChI is InChI=1S/C9H16N4O2/c1-3-7(6-14)11-9(15)12-8-4-5-10-13(8)2/h4-5,7,14H,3,6H2,1-2H3,(H2,11,12,15). The molecular weight excluding hydrogens is 196 g/mol. The van der Waals surface area contributed by atoms with Gasteiger partial charge in [-0.05, 0) is 6.42 Å². The van der Waals surface area contributed by atoms with Crippen LogP contribution in [-0.2, 0) is 7.05 Å². The number of aliphatic hydroxyl groups excluding tert-OH is 1. The molecule has 1 atom stereocenters. The molecule has 1 aromatic heterocycles. The van der Waals surface area contributed by atoms with Crippen LogP contribution in [-0.4, -0.2) is 33.6 Å². The van der Waals surface area contributed by atoms with Crippen molar-refractivity contribution in [1.29, 1.82) is 0 Å². The number of aromatic nitrogens is 2. The predicted octanol–water partition coefficient (Wildman–Crippen LogP) is 0.312. The summed E-state index contributed by atoms with van der Waals surface area (Å²) in [6, 6.07) is 1.15. The first-order chi connectivity index (χ1) is 7.17. The molecule has 0 aliphatic heterocycles. The first kappa shape index (κ1) is 11.5. The van der Waals surface area contributed by atoms with Gasteiger partial charge in [0.2, 0.25) is 0 Å². The van der Waals surface area contributed by atoms with Gasteiger partial charge in [0.25, 0.3) is 0 Å². The van der Waals surface area contributed by atoms with E-state index in [1.54, 1.807) is 24.0 Å². The molecule has 3 N–H and O–H groups in total. The lowest BCUT2D eigenvalue weighted by Gasteiger charge is -2.14. The third-order valence-electron chi connectivity index (χ3n) is 2.11. The fraction of sp³-hybridized carbons (Fsp3) is 0.556. The largest absolute Gasteiger partial charge is 0.394 e. The van der Waals surface area contributed by atoms with E-state index >= 15 is 0 Å². The third kappa shape index (κ3) is 3.25. The van der Waals surface area contributed by atoms with Gasteiger partial charge in [-0.25, -0.2) is 4.79 Å². The van der Waals surface area contributed by atoms with Crippen LogP contribution in [0.3, 0.4) is 0 Å². The summed E-state index contributed by atoms with van der Waals surface area (Å²) in [6.07, 6.45) is 2.29. The van der Waals surface area contributed by atoms with Crippen molar-refractivity contribution in [1.82, 2.24) is 15.1 Å². The van der Waals surface area contributed by atoms with E-state index in [2.05, 4.69) is 15.7 Å². The lowest BCUT2D eigenvalue weighted by Crippen LogP contribution is -2.40. The second-order valence-corrected chi connectivity index (χ2v) is 3.23. The predicted molar refractivity (Wildman–Crippen MR) is 56.5 cm³/mol. The first-order valence-corrected chi connectivity index (χ1v) is 4.83. The average Bonchev–Trinajstić information content (AvgIpc) is 2.61. The Hall–Kier alpha value is -1.56. The summed E-state index contributed by atoms with van der Waals surface area (Å²) >= 11 is 0. The maximum atomic E-state index is 11.4. The minimum atomic E-state index is -0.334. The normalized spacial score (nSPS) is 12.2. The molecule has 0 spiro atoms. The van der Waals surface area contributed by atoms with Gasteiger partial charge in [0.1, 0.15) is 5.82 Å². The van der Waals surface area contributed by atoms with Gasteiger partial charge < -0.3 is 10.4 Å². The number of rotatable bonds is 4. The van der Waals surface area contributed by atoms with Crippen molar-refractivity contribution in [3.05, 3.63) is 12.3 Å². The molecule has 1 unspecified atom stereocenters. The van der Waals surface area contributed by atoms with Crippen LogP contribution < -0.4 is 10.6 Å². The van der Waals surface area contributed by atoms with Gasteiger partial charge in [0.05, 0.1) is 18.8 Å². The van der Waals surface area contributed by atoms with Gasteiger partial charge in [-0.1, -0.05) is 6.92 Å². The maximum Gasteiger partial charge on any atom is 0.320 e. The highest BCUT2D eigenvalue weighted by atomic mass is 16.3. The third-order valence-corrected chi connectivity index (χ3v) is 2.11. The summed E-state index contributed by atoms with van der Waals surface area (Å²) in [5.74, 6) is 0.611. The number of aliphatic hydroxyl groups is 1. The highest BCUT2D eigenvalue weighted by molar-refractivity contribution is 5.88. The summed E-state index contributed by atoms with van der Waals surface area (Å²) < 4.78 is 1.56. The van der Waals surface area contributed by atoms with Gasteiger partial charge in [-0.2, -0.15) is 5.10 Å².